The first-order valence-electron chi connectivity index (χ1n) is 7.96. The fraction of sp³-hybridized carbons (Fsp3) is 0.500. The molecule has 0 amide bonds. The minimum absolute atomic E-state index is 0.0528. The minimum Gasteiger partial charge on any atom is -0.494 e. The third-order valence-corrected chi connectivity index (χ3v) is 3.86. The van der Waals surface area contributed by atoms with Crippen LogP contribution >= 0.6 is 0 Å². The lowest BCUT2D eigenvalue weighted by Gasteiger charge is -2.32. The number of piperidine rings is 1. The lowest BCUT2D eigenvalue weighted by Crippen LogP contribution is -2.42. The van der Waals surface area contributed by atoms with Crippen molar-refractivity contribution < 1.29 is 18.9 Å². The molecular formula is C16H21N5O4. The molecule has 0 saturated carbocycles. The summed E-state index contributed by atoms with van der Waals surface area (Å²) in [6.07, 6.45) is 4.97. The minimum atomic E-state index is -0.0528. The largest absolute Gasteiger partial charge is 0.494 e. The summed E-state index contributed by atoms with van der Waals surface area (Å²) >= 11 is 0. The Kier molecular flexibility index (Phi) is 5.32. The summed E-state index contributed by atoms with van der Waals surface area (Å²) < 4.78 is 21.4. The zero-order valence-electron chi connectivity index (χ0n) is 14.5. The van der Waals surface area contributed by atoms with Crippen LogP contribution in [0.5, 0.6) is 23.5 Å². The van der Waals surface area contributed by atoms with E-state index in [1.807, 2.05) is 4.90 Å². The number of hydrogen-bond donors (Lipinski definition) is 0. The Hall–Kier alpha value is -2.84. The first-order chi connectivity index (χ1) is 12.2. The van der Waals surface area contributed by atoms with E-state index in [1.54, 1.807) is 39.8 Å². The monoisotopic (exact) mass is 347 g/mol. The molecule has 0 bridgehead atoms. The van der Waals surface area contributed by atoms with Gasteiger partial charge in [0.15, 0.2) is 5.75 Å². The lowest BCUT2D eigenvalue weighted by atomic mass is 10.1. The maximum absolute atomic E-state index is 5.88. The Morgan fingerprint density at radius 3 is 2.28 bits per heavy atom. The smallest absolute Gasteiger partial charge is 0.316 e. The molecule has 0 spiro atoms. The van der Waals surface area contributed by atoms with E-state index in [4.69, 9.17) is 18.9 Å². The van der Waals surface area contributed by atoms with Gasteiger partial charge in [0.2, 0.25) is 17.7 Å². The highest BCUT2D eigenvalue weighted by Crippen LogP contribution is 2.24. The summed E-state index contributed by atoms with van der Waals surface area (Å²) in [5.74, 6) is 2.07. The quantitative estimate of drug-likeness (QED) is 0.767. The zero-order chi connectivity index (χ0) is 17.6. The van der Waals surface area contributed by atoms with Crippen LogP contribution in [0.1, 0.15) is 12.8 Å². The SMILES string of the molecule is COc1cnc(OC2CCCN(c3nc(OC)cc(OC)n3)C2)nc1. The van der Waals surface area contributed by atoms with Crippen LogP contribution in [0.15, 0.2) is 18.5 Å². The summed E-state index contributed by atoms with van der Waals surface area (Å²) in [5, 5.41) is 0. The Morgan fingerprint density at radius 1 is 1.00 bits per heavy atom. The highest BCUT2D eigenvalue weighted by atomic mass is 16.5. The fourth-order valence-electron chi connectivity index (χ4n) is 2.58. The second-order valence-corrected chi connectivity index (χ2v) is 5.49. The van der Waals surface area contributed by atoms with Gasteiger partial charge >= 0.3 is 6.01 Å². The van der Waals surface area contributed by atoms with E-state index in [0.29, 0.717) is 36.0 Å². The van der Waals surface area contributed by atoms with E-state index in [-0.39, 0.29) is 6.10 Å². The summed E-state index contributed by atoms with van der Waals surface area (Å²) in [6, 6.07) is 1.98. The van der Waals surface area contributed by atoms with E-state index in [2.05, 4.69) is 19.9 Å². The van der Waals surface area contributed by atoms with Crippen molar-refractivity contribution in [1.82, 2.24) is 19.9 Å². The molecule has 3 heterocycles. The first-order valence-corrected chi connectivity index (χ1v) is 7.96. The van der Waals surface area contributed by atoms with Crippen LogP contribution in [0.4, 0.5) is 5.95 Å². The number of methoxy groups -OCH3 is 3. The van der Waals surface area contributed by atoms with E-state index in [1.165, 1.54) is 0 Å². The Balaban J connectivity index is 1.70. The van der Waals surface area contributed by atoms with Gasteiger partial charge in [-0.1, -0.05) is 0 Å². The number of aromatic nitrogens is 4. The number of anilines is 1. The van der Waals surface area contributed by atoms with E-state index < -0.39 is 0 Å². The average molecular weight is 347 g/mol. The van der Waals surface area contributed by atoms with Gasteiger partial charge in [-0.15, -0.1) is 0 Å². The van der Waals surface area contributed by atoms with Crippen LogP contribution in [0, 0.1) is 0 Å². The highest BCUT2D eigenvalue weighted by molar-refractivity contribution is 5.37. The summed E-state index contributed by atoms with van der Waals surface area (Å²) in [4.78, 5) is 19.1. The molecule has 3 rings (SSSR count). The second kappa shape index (κ2) is 7.82. The summed E-state index contributed by atoms with van der Waals surface area (Å²) in [6.45, 7) is 1.46. The van der Waals surface area contributed by atoms with E-state index in [0.717, 1.165) is 19.4 Å². The number of rotatable bonds is 6. The molecule has 1 aliphatic heterocycles. The molecule has 1 aliphatic rings. The maximum Gasteiger partial charge on any atom is 0.316 e. The van der Waals surface area contributed by atoms with Crippen LogP contribution in [0.2, 0.25) is 0 Å². The van der Waals surface area contributed by atoms with E-state index in [9.17, 15) is 0 Å². The lowest BCUT2D eigenvalue weighted by molar-refractivity contribution is 0.163. The molecule has 1 saturated heterocycles. The molecule has 0 radical (unpaired) electrons. The molecule has 134 valence electrons. The van der Waals surface area contributed by atoms with Crippen molar-refractivity contribution in [3.05, 3.63) is 18.5 Å². The van der Waals surface area contributed by atoms with Gasteiger partial charge in [0.25, 0.3) is 0 Å². The highest BCUT2D eigenvalue weighted by Gasteiger charge is 2.25. The molecular weight excluding hydrogens is 326 g/mol. The third-order valence-electron chi connectivity index (χ3n) is 3.86. The zero-order valence-corrected chi connectivity index (χ0v) is 14.5. The molecule has 2 aromatic heterocycles. The van der Waals surface area contributed by atoms with Gasteiger partial charge < -0.3 is 23.8 Å². The molecule has 0 aromatic carbocycles. The van der Waals surface area contributed by atoms with Crippen molar-refractivity contribution >= 4 is 5.95 Å². The Bertz CT molecular complexity index is 675. The third kappa shape index (κ3) is 4.17. The molecule has 9 heteroatoms. The summed E-state index contributed by atoms with van der Waals surface area (Å²) in [7, 11) is 4.70. The first kappa shape index (κ1) is 17.0. The number of hydrogen-bond acceptors (Lipinski definition) is 9. The predicted octanol–water partition coefficient (Wildman–Crippen LogP) is 1.34. The topological polar surface area (TPSA) is 91.7 Å². The molecule has 1 unspecified atom stereocenters. The average Bonchev–Trinajstić information content (AvgIpc) is 2.68. The van der Waals surface area contributed by atoms with Crippen molar-refractivity contribution in [3.8, 4) is 23.5 Å². The maximum atomic E-state index is 5.88. The van der Waals surface area contributed by atoms with Gasteiger partial charge in [0.05, 0.1) is 46.3 Å². The molecule has 9 nitrogen and oxygen atoms in total. The van der Waals surface area contributed by atoms with Gasteiger partial charge in [-0.25, -0.2) is 0 Å². The standard InChI is InChI=1S/C16H21N5O4/c1-22-12-8-17-16(18-9-12)25-11-5-4-6-21(10-11)15-19-13(23-2)7-14(20-15)24-3/h7-9,11H,4-6,10H2,1-3H3. The normalized spacial score (nSPS) is 17.1. The van der Waals surface area contributed by atoms with Crippen LogP contribution in [0.3, 0.4) is 0 Å². The predicted molar refractivity (Wildman–Crippen MR) is 89.6 cm³/mol. The molecule has 0 aliphatic carbocycles. The molecule has 0 N–H and O–H groups in total. The van der Waals surface area contributed by atoms with Crippen LogP contribution < -0.4 is 23.8 Å². The van der Waals surface area contributed by atoms with Crippen LogP contribution in [0.25, 0.3) is 0 Å². The molecule has 1 fully saturated rings. The molecule has 1 atom stereocenters. The fourth-order valence-corrected chi connectivity index (χ4v) is 2.58. The van der Waals surface area contributed by atoms with E-state index >= 15 is 0 Å². The van der Waals surface area contributed by atoms with Gasteiger partial charge in [0, 0.05) is 6.54 Å². The van der Waals surface area contributed by atoms with Crippen molar-refractivity contribution in [2.75, 3.05) is 39.3 Å². The Morgan fingerprint density at radius 2 is 1.68 bits per heavy atom. The van der Waals surface area contributed by atoms with Crippen molar-refractivity contribution in [1.29, 1.82) is 0 Å². The van der Waals surface area contributed by atoms with Gasteiger partial charge in [-0.3, -0.25) is 0 Å². The van der Waals surface area contributed by atoms with Crippen LogP contribution in [-0.2, 0) is 0 Å². The Labute approximate surface area is 145 Å². The number of nitrogens with zero attached hydrogens (tertiary/aromatic N) is 5. The second-order valence-electron chi connectivity index (χ2n) is 5.49. The van der Waals surface area contributed by atoms with Gasteiger partial charge in [-0.2, -0.15) is 19.9 Å². The van der Waals surface area contributed by atoms with Crippen molar-refractivity contribution in [3.63, 3.8) is 0 Å². The summed E-state index contributed by atoms with van der Waals surface area (Å²) in [5.41, 5.74) is 0. The van der Waals surface area contributed by atoms with Gasteiger partial charge in [-0.05, 0) is 12.8 Å². The van der Waals surface area contributed by atoms with Gasteiger partial charge in [0.1, 0.15) is 6.10 Å². The number of ether oxygens (including phenoxy) is 4. The van der Waals surface area contributed by atoms with Crippen molar-refractivity contribution in [2.24, 2.45) is 0 Å². The molecule has 25 heavy (non-hydrogen) atoms. The van der Waals surface area contributed by atoms with Crippen LogP contribution in [-0.4, -0.2) is 60.5 Å². The van der Waals surface area contributed by atoms with Crippen molar-refractivity contribution in [2.45, 2.75) is 18.9 Å². The molecule has 2 aromatic rings.